The molecule has 4 rings (SSSR count). The summed E-state index contributed by atoms with van der Waals surface area (Å²) in [6, 6.07) is 23.8. The molecule has 0 fully saturated rings. The molecule has 0 bridgehead atoms. The molecule has 4 aromatic carbocycles. The predicted molar refractivity (Wildman–Crippen MR) is 122 cm³/mol. The molecular weight excluding hydrogens is 374 g/mol. The second-order valence-electron chi connectivity index (χ2n) is 7.15. The number of amides is 2. The number of fused-ring (bicyclic) bond motifs is 2. The summed E-state index contributed by atoms with van der Waals surface area (Å²) in [5, 5.41) is 10.9. The fraction of sp³-hybridized carbons (Fsp3) is 0.0800. The Bertz CT molecular complexity index is 1230. The molecule has 0 aromatic heterocycles. The number of nitrogens with zero attached hydrogens (tertiary/aromatic N) is 1. The molecule has 0 aliphatic rings. The molecule has 0 radical (unpaired) electrons. The third kappa shape index (κ3) is 3.78. The van der Waals surface area contributed by atoms with E-state index in [1.807, 2.05) is 80.6 Å². The van der Waals surface area contributed by atoms with Gasteiger partial charge in [0.15, 0.2) is 0 Å². The van der Waals surface area contributed by atoms with Crippen LogP contribution in [-0.4, -0.2) is 18.0 Å². The fourth-order valence-electron chi connectivity index (χ4n) is 3.58. The minimum absolute atomic E-state index is 0.640. The van der Waals surface area contributed by atoms with Crippen molar-refractivity contribution in [1.29, 1.82) is 0 Å². The maximum Gasteiger partial charge on any atom is 0.329 e. The van der Waals surface area contributed by atoms with E-state index < -0.39 is 11.8 Å². The van der Waals surface area contributed by atoms with E-state index in [0.717, 1.165) is 38.2 Å². The highest BCUT2D eigenvalue weighted by Crippen LogP contribution is 2.27. The van der Waals surface area contributed by atoms with Gasteiger partial charge >= 0.3 is 11.8 Å². The number of anilines is 1. The summed E-state index contributed by atoms with van der Waals surface area (Å²) in [5.41, 5.74) is 5.65. The number of hydrogen-bond acceptors (Lipinski definition) is 3. The highest BCUT2D eigenvalue weighted by atomic mass is 16.2. The molecule has 0 saturated heterocycles. The number of hydrogen-bond donors (Lipinski definition) is 2. The Hall–Kier alpha value is -3.99. The molecule has 2 N–H and O–H groups in total. The lowest BCUT2D eigenvalue weighted by molar-refractivity contribution is -0.136. The zero-order valence-electron chi connectivity index (χ0n) is 16.8. The molecule has 5 heteroatoms. The van der Waals surface area contributed by atoms with Crippen LogP contribution in [0.15, 0.2) is 77.9 Å². The maximum absolute atomic E-state index is 12.3. The zero-order valence-corrected chi connectivity index (χ0v) is 16.8. The number of benzene rings is 4. The van der Waals surface area contributed by atoms with E-state index in [1.54, 1.807) is 6.21 Å². The zero-order chi connectivity index (χ0) is 21.1. The van der Waals surface area contributed by atoms with Gasteiger partial charge in [-0.3, -0.25) is 9.59 Å². The Labute approximate surface area is 174 Å². The van der Waals surface area contributed by atoms with Crippen LogP contribution in [0.25, 0.3) is 21.5 Å². The van der Waals surface area contributed by atoms with Gasteiger partial charge in [0.05, 0.1) is 6.21 Å². The number of para-hydroxylation sites is 1. The van der Waals surface area contributed by atoms with Crippen molar-refractivity contribution < 1.29 is 9.59 Å². The summed E-state index contributed by atoms with van der Waals surface area (Å²) < 4.78 is 0. The Balaban J connectivity index is 1.57. The molecule has 4 aromatic rings. The van der Waals surface area contributed by atoms with Gasteiger partial charge in [-0.25, -0.2) is 5.43 Å². The van der Waals surface area contributed by atoms with E-state index in [1.165, 1.54) is 0 Å². The quantitative estimate of drug-likeness (QED) is 0.228. The van der Waals surface area contributed by atoms with Gasteiger partial charge in [-0.15, -0.1) is 0 Å². The van der Waals surface area contributed by atoms with Gasteiger partial charge in [0.25, 0.3) is 0 Å². The third-order valence-corrected chi connectivity index (χ3v) is 5.10. The lowest BCUT2D eigenvalue weighted by Crippen LogP contribution is -2.32. The van der Waals surface area contributed by atoms with Crippen LogP contribution >= 0.6 is 0 Å². The van der Waals surface area contributed by atoms with Gasteiger partial charge in [0, 0.05) is 11.3 Å². The first kappa shape index (κ1) is 19.3. The number of carbonyl (C=O) groups is 2. The lowest BCUT2D eigenvalue weighted by atomic mass is 9.97. The van der Waals surface area contributed by atoms with Crippen LogP contribution in [0, 0.1) is 13.8 Å². The van der Waals surface area contributed by atoms with Gasteiger partial charge in [0.1, 0.15) is 0 Å². The smallest absolute Gasteiger partial charge is 0.317 e. The molecule has 148 valence electrons. The summed E-state index contributed by atoms with van der Waals surface area (Å²) in [6.45, 7) is 3.76. The number of nitrogens with one attached hydrogen (secondary N) is 2. The van der Waals surface area contributed by atoms with E-state index in [4.69, 9.17) is 0 Å². The van der Waals surface area contributed by atoms with Gasteiger partial charge in [-0.05, 0) is 52.6 Å². The number of aryl methyl sites for hydroxylation is 2. The molecule has 0 aliphatic carbocycles. The second-order valence-corrected chi connectivity index (χ2v) is 7.15. The molecule has 0 spiro atoms. The first-order valence-corrected chi connectivity index (χ1v) is 9.65. The van der Waals surface area contributed by atoms with Crippen molar-refractivity contribution in [2.45, 2.75) is 13.8 Å². The average Bonchev–Trinajstić information content (AvgIpc) is 2.75. The highest BCUT2D eigenvalue weighted by Gasteiger charge is 2.15. The molecule has 0 saturated carbocycles. The standard InChI is InChI=1S/C25H21N3O2/c1-16-8-7-9-17(2)23(16)27-24(29)25(30)28-26-15-22-20-12-5-3-10-18(20)14-19-11-4-6-13-21(19)22/h3-15H,1-2H3,(H,27,29)(H,28,30)/b26-15+. The number of rotatable bonds is 3. The number of hydrazone groups is 1. The summed E-state index contributed by atoms with van der Waals surface area (Å²) in [6.07, 6.45) is 1.59. The van der Waals surface area contributed by atoms with Crippen molar-refractivity contribution in [3.8, 4) is 0 Å². The minimum Gasteiger partial charge on any atom is -0.317 e. The Kier molecular flexibility index (Phi) is 5.26. The van der Waals surface area contributed by atoms with E-state index in [-0.39, 0.29) is 0 Å². The van der Waals surface area contributed by atoms with Crippen LogP contribution in [0.2, 0.25) is 0 Å². The molecule has 0 unspecified atom stereocenters. The van der Waals surface area contributed by atoms with Crippen molar-refractivity contribution in [2.75, 3.05) is 5.32 Å². The first-order valence-electron chi connectivity index (χ1n) is 9.65. The maximum atomic E-state index is 12.3. The summed E-state index contributed by atoms with van der Waals surface area (Å²) in [7, 11) is 0. The van der Waals surface area contributed by atoms with E-state index >= 15 is 0 Å². The number of carbonyl (C=O) groups excluding carboxylic acids is 2. The monoisotopic (exact) mass is 395 g/mol. The molecule has 5 nitrogen and oxygen atoms in total. The van der Waals surface area contributed by atoms with Crippen molar-refractivity contribution in [2.24, 2.45) is 5.10 Å². The SMILES string of the molecule is Cc1cccc(C)c1NC(=O)C(=O)N/N=C/c1c2ccccc2cc2ccccc12. The molecular formula is C25H21N3O2. The molecule has 0 atom stereocenters. The van der Waals surface area contributed by atoms with Gasteiger partial charge in [0.2, 0.25) is 0 Å². The van der Waals surface area contributed by atoms with Crippen LogP contribution < -0.4 is 10.7 Å². The first-order chi connectivity index (χ1) is 14.5. The molecule has 30 heavy (non-hydrogen) atoms. The summed E-state index contributed by atoms with van der Waals surface area (Å²) in [4.78, 5) is 24.5. The Morgan fingerprint density at radius 1 is 0.767 bits per heavy atom. The normalized spacial score (nSPS) is 11.1. The van der Waals surface area contributed by atoms with Gasteiger partial charge in [-0.2, -0.15) is 5.10 Å². The van der Waals surface area contributed by atoms with Crippen LogP contribution in [0.4, 0.5) is 5.69 Å². The van der Waals surface area contributed by atoms with Crippen molar-refractivity contribution in [3.05, 3.63) is 89.5 Å². The Morgan fingerprint density at radius 3 is 1.93 bits per heavy atom. The minimum atomic E-state index is -0.821. The third-order valence-electron chi connectivity index (χ3n) is 5.10. The predicted octanol–water partition coefficient (Wildman–Crippen LogP) is 4.70. The lowest BCUT2D eigenvalue weighted by Gasteiger charge is -2.10. The topological polar surface area (TPSA) is 70.6 Å². The van der Waals surface area contributed by atoms with Crippen LogP contribution in [-0.2, 0) is 9.59 Å². The van der Waals surface area contributed by atoms with Crippen molar-refractivity contribution >= 4 is 45.3 Å². The summed E-state index contributed by atoms with van der Waals surface area (Å²) in [5.74, 6) is -1.58. The van der Waals surface area contributed by atoms with E-state index in [9.17, 15) is 9.59 Å². The van der Waals surface area contributed by atoms with Crippen molar-refractivity contribution in [3.63, 3.8) is 0 Å². The molecule has 0 aliphatic heterocycles. The highest BCUT2D eigenvalue weighted by molar-refractivity contribution is 6.39. The Morgan fingerprint density at radius 2 is 1.33 bits per heavy atom. The van der Waals surface area contributed by atoms with Gasteiger partial charge in [-0.1, -0.05) is 66.7 Å². The van der Waals surface area contributed by atoms with E-state index in [2.05, 4.69) is 21.9 Å². The molecule has 0 heterocycles. The largest absolute Gasteiger partial charge is 0.329 e. The van der Waals surface area contributed by atoms with Crippen molar-refractivity contribution in [1.82, 2.24) is 5.43 Å². The summed E-state index contributed by atoms with van der Waals surface area (Å²) >= 11 is 0. The van der Waals surface area contributed by atoms with Crippen LogP contribution in [0.1, 0.15) is 16.7 Å². The second kappa shape index (κ2) is 8.17. The van der Waals surface area contributed by atoms with Crippen LogP contribution in [0.3, 0.4) is 0 Å². The average molecular weight is 395 g/mol. The molecule has 2 amide bonds. The van der Waals surface area contributed by atoms with Crippen LogP contribution in [0.5, 0.6) is 0 Å². The fourth-order valence-corrected chi connectivity index (χ4v) is 3.58. The van der Waals surface area contributed by atoms with E-state index in [0.29, 0.717) is 5.69 Å². The van der Waals surface area contributed by atoms with Gasteiger partial charge < -0.3 is 5.32 Å².